The molecule has 1 heterocycles. The molecule has 0 bridgehead atoms. The van der Waals surface area contributed by atoms with Crippen LogP contribution in [0.15, 0.2) is 12.3 Å². The van der Waals surface area contributed by atoms with Crippen LogP contribution in [0.4, 0.5) is 0 Å². The Balaban J connectivity index is 1.30. The summed E-state index contributed by atoms with van der Waals surface area (Å²) in [6.45, 7) is 8.39. The third kappa shape index (κ3) is 3.25. The predicted molar refractivity (Wildman–Crippen MR) is 120 cm³/mol. The number of nitrogens with zero attached hydrogens (tertiary/aromatic N) is 3. The molecule has 3 nitrogen and oxygen atoms in total. The van der Waals surface area contributed by atoms with E-state index in [4.69, 9.17) is 0 Å². The number of hydrogen-bond donors (Lipinski definition) is 0. The van der Waals surface area contributed by atoms with Gasteiger partial charge < -0.3 is 0 Å². The van der Waals surface area contributed by atoms with Crippen LogP contribution in [0.2, 0.25) is 0 Å². The van der Waals surface area contributed by atoms with Gasteiger partial charge in [0.05, 0.1) is 6.20 Å². The maximum Gasteiger partial charge on any atom is 0.138 e. The van der Waals surface area contributed by atoms with Crippen LogP contribution in [0, 0.1) is 64.1 Å². The molecule has 30 heavy (non-hydrogen) atoms. The van der Waals surface area contributed by atoms with Crippen molar-refractivity contribution in [1.82, 2.24) is 9.78 Å². The zero-order chi connectivity index (χ0) is 20.9. The standard InChI is InChI=1S/C27H41N3/c1-4-19-5-7-22-20(15-19)6-8-24-23(22)11-13-27(3)25(9-10-26(24)27)18(2)17-30-21(16-28)12-14-29-30/h12,14,18-20,22-26H,4-11,13,15,17H2,1-3H3/t18-,19+,20-,22+,23?,24-,25?,26?,27-/m1/s1. The average Bonchev–Trinajstić information content (AvgIpc) is 3.36. The van der Waals surface area contributed by atoms with Crippen LogP contribution in [0.5, 0.6) is 0 Å². The monoisotopic (exact) mass is 407 g/mol. The molecule has 1 aromatic heterocycles. The average molecular weight is 408 g/mol. The van der Waals surface area contributed by atoms with Gasteiger partial charge in [-0.1, -0.05) is 33.6 Å². The van der Waals surface area contributed by atoms with E-state index < -0.39 is 0 Å². The first-order valence-corrected chi connectivity index (χ1v) is 13.0. The van der Waals surface area contributed by atoms with Gasteiger partial charge in [-0.3, -0.25) is 4.68 Å². The number of nitriles is 1. The molecule has 0 saturated heterocycles. The molecular formula is C27H41N3. The summed E-state index contributed by atoms with van der Waals surface area (Å²) in [5.74, 6) is 7.48. The Kier molecular flexibility index (Phi) is 5.49. The molecule has 5 rings (SSSR count). The first-order chi connectivity index (χ1) is 14.5. The molecule has 4 aliphatic carbocycles. The molecular weight excluding hydrogens is 366 g/mol. The lowest BCUT2D eigenvalue weighted by Gasteiger charge is -2.57. The van der Waals surface area contributed by atoms with E-state index in [1.165, 1.54) is 64.2 Å². The van der Waals surface area contributed by atoms with Crippen LogP contribution in [0.3, 0.4) is 0 Å². The van der Waals surface area contributed by atoms with Gasteiger partial charge in [-0.25, -0.2) is 0 Å². The van der Waals surface area contributed by atoms with Crippen molar-refractivity contribution in [3.63, 3.8) is 0 Å². The van der Waals surface area contributed by atoms with Crippen molar-refractivity contribution in [1.29, 1.82) is 5.26 Å². The molecule has 3 unspecified atom stereocenters. The maximum absolute atomic E-state index is 9.37. The third-order valence-electron chi connectivity index (χ3n) is 10.7. The van der Waals surface area contributed by atoms with E-state index in [1.807, 2.05) is 10.7 Å². The van der Waals surface area contributed by atoms with Crippen LogP contribution < -0.4 is 0 Å². The Morgan fingerprint density at radius 2 is 1.97 bits per heavy atom. The van der Waals surface area contributed by atoms with Crippen molar-refractivity contribution in [2.24, 2.45) is 52.8 Å². The van der Waals surface area contributed by atoms with Crippen LogP contribution in [-0.2, 0) is 6.54 Å². The van der Waals surface area contributed by atoms with Gasteiger partial charge in [-0.15, -0.1) is 0 Å². The fraction of sp³-hybridized carbons (Fsp3) is 0.852. The maximum atomic E-state index is 9.37. The van der Waals surface area contributed by atoms with E-state index in [0.29, 0.717) is 17.0 Å². The molecule has 0 amide bonds. The summed E-state index contributed by atoms with van der Waals surface area (Å²) < 4.78 is 1.95. The highest BCUT2D eigenvalue weighted by Gasteiger charge is 2.57. The van der Waals surface area contributed by atoms with Gasteiger partial charge in [-0.05, 0) is 110 Å². The minimum Gasteiger partial charge on any atom is -0.255 e. The number of rotatable bonds is 4. The van der Waals surface area contributed by atoms with Gasteiger partial charge in [0.1, 0.15) is 11.8 Å². The lowest BCUT2D eigenvalue weighted by Crippen LogP contribution is -2.49. The van der Waals surface area contributed by atoms with Gasteiger partial charge in [-0.2, -0.15) is 10.4 Å². The Morgan fingerprint density at radius 1 is 1.13 bits per heavy atom. The van der Waals surface area contributed by atoms with E-state index in [0.717, 1.165) is 48.0 Å². The highest BCUT2D eigenvalue weighted by Crippen LogP contribution is 2.65. The van der Waals surface area contributed by atoms with Crippen LogP contribution in [-0.4, -0.2) is 9.78 Å². The smallest absolute Gasteiger partial charge is 0.138 e. The predicted octanol–water partition coefficient (Wildman–Crippen LogP) is 6.69. The molecule has 4 aliphatic rings. The Morgan fingerprint density at radius 3 is 2.77 bits per heavy atom. The second-order valence-electron chi connectivity index (χ2n) is 11.7. The summed E-state index contributed by atoms with van der Waals surface area (Å²) in [6, 6.07) is 4.16. The van der Waals surface area contributed by atoms with Crippen molar-refractivity contribution in [3.05, 3.63) is 18.0 Å². The van der Waals surface area contributed by atoms with Crippen molar-refractivity contribution >= 4 is 0 Å². The van der Waals surface area contributed by atoms with E-state index in [1.54, 1.807) is 6.20 Å². The van der Waals surface area contributed by atoms with E-state index >= 15 is 0 Å². The van der Waals surface area contributed by atoms with Crippen LogP contribution >= 0.6 is 0 Å². The van der Waals surface area contributed by atoms with Gasteiger partial charge in [0.2, 0.25) is 0 Å². The Labute approximate surface area is 183 Å². The van der Waals surface area contributed by atoms with E-state index in [-0.39, 0.29) is 0 Å². The fourth-order valence-electron chi connectivity index (χ4n) is 9.27. The van der Waals surface area contributed by atoms with Gasteiger partial charge in [0.25, 0.3) is 0 Å². The molecule has 4 fully saturated rings. The molecule has 164 valence electrons. The third-order valence-corrected chi connectivity index (χ3v) is 10.7. The molecule has 0 aliphatic heterocycles. The lowest BCUT2D eigenvalue weighted by atomic mass is 9.48. The first kappa shape index (κ1) is 20.6. The quantitative estimate of drug-likeness (QED) is 0.558. The largest absolute Gasteiger partial charge is 0.255 e. The van der Waals surface area contributed by atoms with Gasteiger partial charge in [0.15, 0.2) is 0 Å². The van der Waals surface area contributed by atoms with Crippen molar-refractivity contribution in [2.75, 3.05) is 0 Å². The molecule has 0 spiro atoms. The topological polar surface area (TPSA) is 41.6 Å². The molecule has 9 atom stereocenters. The van der Waals surface area contributed by atoms with E-state index in [2.05, 4.69) is 31.9 Å². The second-order valence-corrected chi connectivity index (χ2v) is 11.7. The first-order valence-electron chi connectivity index (χ1n) is 13.0. The Bertz CT molecular complexity index is 790. The zero-order valence-corrected chi connectivity index (χ0v) is 19.4. The van der Waals surface area contributed by atoms with Crippen molar-refractivity contribution in [3.8, 4) is 6.07 Å². The molecule has 0 radical (unpaired) electrons. The number of aromatic nitrogens is 2. The number of fused-ring (bicyclic) bond motifs is 5. The van der Waals surface area contributed by atoms with Gasteiger partial charge >= 0.3 is 0 Å². The minimum atomic E-state index is 0.508. The summed E-state index contributed by atoms with van der Waals surface area (Å²) >= 11 is 0. The van der Waals surface area contributed by atoms with Crippen molar-refractivity contribution in [2.45, 2.75) is 91.5 Å². The highest BCUT2D eigenvalue weighted by atomic mass is 15.3. The normalized spacial score (nSPS) is 43.9. The summed E-state index contributed by atoms with van der Waals surface area (Å²) in [5, 5.41) is 13.8. The minimum absolute atomic E-state index is 0.508. The molecule has 0 N–H and O–H groups in total. The van der Waals surface area contributed by atoms with Gasteiger partial charge in [0, 0.05) is 6.54 Å². The van der Waals surface area contributed by atoms with Crippen molar-refractivity contribution < 1.29 is 0 Å². The molecule has 3 heteroatoms. The summed E-state index contributed by atoms with van der Waals surface area (Å²) in [4.78, 5) is 0. The highest BCUT2D eigenvalue weighted by molar-refractivity contribution is 5.18. The zero-order valence-electron chi connectivity index (χ0n) is 19.4. The molecule has 1 aromatic rings. The molecule has 4 saturated carbocycles. The fourth-order valence-corrected chi connectivity index (χ4v) is 9.27. The summed E-state index contributed by atoms with van der Waals surface area (Å²) in [6.07, 6.45) is 16.6. The Hall–Kier alpha value is -1.30. The lowest BCUT2D eigenvalue weighted by molar-refractivity contribution is -0.0747. The number of hydrogen-bond acceptors (Lipinski definition) is 2. The van der Waals surface area contributed by atoms with E-state index in [9.17, 15) is 5.26 Å². The van der Waals surface area contributed by atoms with Crippen LogP contribution in [0.25, 0.3) is 0 Å². The SMILES string of the molecule is CC[C@H]1CC[C@@H]2C3CC[C@@]4(C)C(CCC4[C@H](C)Cn4nccc4C#N)[C@@H]3CC[C@@H]2C1. The second kappa shape index (κ2) is 7.99. The summed E-state index contributed by atoms with van der Waals surface area (Å²) in [7, 11) is 0. The molecule has 0 aromatic carbocycles. The summed E-state index contributed by atoms with van der Waals surface area (Å²) in [5.41, 5.74) is 1.22. The van der Waals surface area contributed by atoms with Crippen LogP contribution in [0.1, 0.15) is 90.7 Å².